The van der Waals surface area contributed by atoms with Gasteiger partial charge in [-0.2, -0.15) is 5.10 Å². The molecule has 5 atom stereocenters. The Kier molecular flexibility index (Phi) is 4.86. The van der Waals surface area contributed by atoms with E-state index in [2.05, 4.69) is 15.7 Å². The molecule has 2 aromatic rings. The Bertz CT molecular complexity index is 794. The molecule has 2 fully saturated rings. The Hall–Kier alpha value is -2.42. The van der Waals surface area contributed by atoms with E-state index in [1.54, 1.807) is 10.9 Å². The Morgan fingerprint density at radius 2 is 2.07 bits per heavy atom. The molecule has 8 nitrogen and oxygen atoms in total. The van der Waals surface area contributed by atoms with Crippen LogP contribution in [0.3, 0.4) is 0 Å². The Morgan fingerprint density at radius 1 is 1.30 bits per heavy atom. The van der Waals surface area contributed by atoms with Crippen LogP contribution < -0.4 is 10.6 Å². The number of hydrogen-bond donors (Lipinski definition) is 3. The minimum absolute atomic E-state index is 0.00503. The van der Waals surface area contributed by atoms with Gasteiger partial charge in [-0.25, -0.2) is 4.79 Å². The highest BCUT2D eigenvalue weighted by Crippen LogP contribution is 2.36. The van der Waals surface area contributed by atoms with Gasteiger partial charge in [-0.05, 0) is 19.4 Å². The number of carbonyl (C=O) groups excluding carboxylic acids is 1. The maximum atomic E-state index is 12.1. The number of nitrogens with zero attached hydrogens (tertiary/aromatic N) is 2. The maximum Gasteiger partial charge on any atom is 0.315 e. The molecule has 3 N–H and O–H groups in total. The topological polar surface area (TPSA) is 97.6 Å². The molecule has 1 aromatic carbocycles. The van der Waals surface area contributed by atoms with E-state index in [4.69, 9.17) is 9.47 Å². The minimum Gasteiger partial charge on any atom is -0.388 e. The van der Waals surface area contributed by atoms with Crippen LogP contribution in [0, 0.1) is 0 Å². The fraction of sp³-hybridized carbons (Fsp3) is 0.474. The number of amides is 2. The van der Waals surface area contributed by atoms with Crippen LogP contribution in [0.5, 0.6) is 0 Å². The number of aliphatic hydroxyl groups excluding tert-OH is 1. The van der Waals surface area contributed by atoms with Crippen molar-refractivity contribution in [1.29, 1.82) is 0 Å². The van der Waals surface area contributed by atoms with Gasteiger partial charge in [0.1, 0.15) is 18.2 Å². The summed E-state index contributed by atoms with van der Waals surface area (Å²) in [5.74, 6) is 0. The van der Waals surface area contributed by atoms with Gasteiger partial charge in [-0.3, -0.25) is 4.68 Å². The summed E-state index contributed by atoms with van der Waals surface area (Å²) in [4.78, 5) is 12.1. The van der Waals surface area contributed by atoms with E-state index in [1.807, 2.05) is 50.4 Å². The largest absolute Gasteiger partial charge is 0.388 e. The van der Waals surface area contributed by atoms with Crippen LogP contribution in [-0.4, -0.2) is 58.1 Å². The second-order valence-electron chi connectivity index (χ2n) is 7.23. The molecule has 2 aliphatic heterocycles. The van der Waals surface area contributed by atoms with E-state index in [0.29, 0.717) is 6.61 Å². The monoisotopic (exact) mass is 372 g/mol. The molecular formula is C19H24N4O4. The van der Waals surface area contributed by atoms with Gasteiger partial charge in [0.25, 0.3) is 0 Å². The second kappa shape index (κ2) is 7.30. The SMILES string of the molecule is CC(C)NC(=O)NC1C2COC(O2)C(n2cc(-c3ccccc3)cn2)C1O. The van der Waals surface area contributed by atoms with Crippen molar-refractivity contribution in [2.24, 2.45) is 0 Å². The van der Waals surface area contributed by atoms with Crippen LogP contribution in [0.2, 0.25) is 0 Å². The lowest BCUT2D eigenvalue weighted by molar-refractivity contribution is -0.166. The second-order valence-corrected chi connectivity index (χ2v) is 7.23. The fourth-order valence-electron chi connectivity index (χ4n) is 3.60. The quantitative estimate of drug-likeness (QED) is 0.751. The molecule has 0 spiro atoms. The van der Waals surface area contributed by atoms with E-state index in [-0.39, 0.29) is 18.2 Å². The lowest BCUT2D eigenvalue weighted by Crippen LogP contribution is -2.60. The fourth-order valence-corrected chi connectivity index (χ4v) is 3.60. The molecule has 5 unspecified atom stereocenters. The van der Waals surface area contributed by atoms with Crippen LogP contribution in [0.1, 0.15) is 19.9 Å². The van der Waals surface area contributed by atoms with Crippen molar-refractivity contribution >= 4 is 6.03 Å². The zero-order chi connectivity index (χ0) is 19.0. The number of aromatic nitrogens is 2. The van der Waals surface area contributed by atoms with Gasteiger partial charge in [0, 0.05) is 17.8 Å². The first-order valence-corrected chi connectivity index (χ1v) is 9.14. The number of aliphatic hydroxyl groups is 1. The third-order valence-electron chi connectivity index (χ3n) is 4.86. The van der Waals surface area contributed by atoms with E-state index in [9.17, 15) is 9.90 Å². The number of ether oxygens (including phenoxy) is 2. The zero-order valence-electron chi connectivity index (χ0n) is 15.3. The van der Waals surface area contributed by atoms with E-state index >= 15 is 0 Å². The molecular weight excluding hydrogens is 348 g/mol. The van der Waals surface area contributed by atoms with Crippen LogP contribution in [-0.2, 0) is 9.47 Å². The Labute approximate surface area is 157 Å². The number of rotatable bonds is 4. The third-order valence-corrected chi connectivity index (χ3v) is 4.86. The van der Waals surface area contributed by atoms with Crippen LogP contribution in [0.15, 0.2) is 42.7 Å². The average molecular weight is 372 g/mol. The molecule has 0 radical (unpaired) electrons. The molecule has 4 rings (SSSR count). The van der Waals surface area contributed by atoms with E-state index < -0.39 is 24.5 Å². The van der Waals surface area contributed by atoms with Crippen molar-refractivity contribution in [1.82, 2.24) is 20.4 Å². The number of hydrogen-bond acceptors (Lipinski definition) is 5. The van der Waals surface area contributed by atoms with Crippen LogP contribution in [0.25, 0.3) is 11.1 Å². The smallest absolute Gasteiger partial charge is 0.315 e. The number of nitrogens with one attached hydrogen (secondary N) is 2. The predicted molar refractivity (Wildman–Crippen MR) is 97.9 cm³/mol. The molecule has 2 aliphatic rings. The Balaban J connectivity index is 1.55. The molecule has 8 heteroatoms. The molecule has 2 saturated heterocycles. The lowest BCUT2D eigenvalue weighted by Gasteiger charge is -2.38. The molecule has 0 aliphatic carbocycles. The predicted octanol–water partition coefficient (Wildman–Crippen LogP) is 1.28. The van der Waals surface area contributed by atoms with Gasteiger partial charge in [0.05, 0.1) is 18.8 Å². The van der Waals surface area contributed by atoms with Crippen molar-refractivity contribution in [3.8, 4) is 11.1 Å². The summed E-state index contributed by atoms with van der Waals surface area (Å²) < 4.78 is 13.3. The summed E-state index contributed by atoms with van der Waals surface area (Å²) in [5, 5.41) is 21.0. The highest BCUT2D eigenvalue weighted by Gasteiger charge is 2.51. The van der Waals surface area contributed by atoms with Crippen molar-refractivity contribution in [2.45, 2.75) is 50.5 Å². The average Bonchev–Trinajstić information content (AvgIpc) is 3.28. The summed E-state index contributed by atoms with van der Waals surface area (Å²) in [6.45, 7) is 4.07. The minimum atomic E-state index is -0.891. The van der Waals surface area contributed by atoms with Crippen LogP contribution >= 0.6 is 0 Å². The molecule has 1 aromatic heterocycles. The van der Waals surface area contributed by atoms with Crippen molar-refractivity contribution in [2.75, 3.05) is 6.61 Å². The summed E-state index contributed by atoms with van der Waals surface area (Å²) in [6, 6.07) is 8.39. The van der Waals surface area contributed by atoms with Gasteiger partial charge in [-0.1, -0.05) is 30.3 Å². The number of urea groups is 1. The standard InChI is InChI=1S/C19H24N4O4/c1-11(2)21-19(25)22-15-14-10-26-18(27-14)16(17(15)24)23-9-13(8-20-23)12-6-4-3-5-7-12/h3-9,11,14-18,24H,10H2,1-2H3,(H2,21,22,25). The molecule has 0 saturated carbocycles. The van der Waals surface area contributed by atoms with Crippen molar-refractivity contribution in [3.63, 3.8) is 0 Å². The highest BCUT2D eigenvalue weighted by atomic mass is 16.7. The van der Waals surface area contributed by atoms with Gasteiger partial charge >= 0.3 is 6.03 Å². The summed E-state index contributed by atoms with van der Waals surface area (Å²) in [5.41, 5.74) is 1.97. The first kappa shape index (κ1) is 18.0. The first-order chi connectivity index (χ1) is 13.0. The Morgan fingerprint density at radius 3 is 2.81 bits per heavy atom. The van der Waals surface area contributed by atoms with Crippen LogP contribution in [0.4, 0.5) is 4.79 Å². The third kappa shape index (κ3) is 3.55. The first-order valence-electron chi connectivity index (χ1n) is 9.14. The molecule has 3 heterocycles. The zero-order valence-corrected chi connectivity index (χ0v) is 15.3. The molecule has 2 bridgehead atoms. The molecule has 144 valence electrons. The summed E-state index contributed by atoms with van der Waals surface area (Å²) in [7, 11) is 0. The van der Waals surface area contributed by atoms with Gasteiger partial charge in [0.2, 0.25) is 0 Å². The number of fused-ring (bicyclic) bond motifs is 2. The van der Waals surface area contributed by atoms with Gasteiger partial charge < -0.3 is 25.2 Å². The van der Waals surface area contributed by atoms with Crippen molar-refractivity contribution < 1.29 is 19.4 Å². The van der Waals surface area contributed by atoms with Gasteiger partial charge in [-0.15, -0.1) is 0 Å². The molecule has 2 amide bonds. The lowest BCUT2D eigenvalue weighted by atomic mass is 9.96. The van der Waals surface area contributed by atoms with E-state index in [1.165, 1.54) is 0 Å². The number of carbonyl (C=O) groups is 1. The molecule has 27 heavy (non-hydrogen) atoms. The highest BCUT2D eigenvalue weighted by molar-refractivity contribution is 5.74. The van der Waals surface area contributed by atoms with Gasteiger partial charge in [0.15, 0.2) is 6.29 Å². The number of benzene rings is 1. The summed E-state index contributed by atoms with van der Waals surface area (Å²) >= 11 is 0. The maximum absolute atomic E-state index is 12.1. The normalized spacial score (nSPS) is 29.7. The summed E-state index contributed by atoms with van der Waals surface area (Å²) in [6.07, 6.45) is 1.73. The van der Waals surface area contributed by atoms with Crippen molar-refractivity contribution in [3.05, 3.63) is 42.7 Å². The van der Waals surface area contributed by atoms with E-state index in [0.717, 1.165) is 11.1 Å².